The minimum Gasteiger partial charge on any atom is -0.497 e. The molecule has 1 atom stereocenters. The molecule has 154 valence electrons. The number of nitrogens with zero attached hydrogens (tertiary/aromatic N) is 2. The lowest BCUT2D eigenvalue weighted by atomic mass is 10.0. The molecule has 0 aromatic heterocycles. The van der Waals surface area contributed by atoms with Crippen molar-refractivity contribution in [2.45, 2.75) is 39.7 Å². The van der Waals surface area contributed by atoms with Gasteiger partial charge >= 0.3 is 0 Å². The van der Waals surface area contributed by atoms with E-state index in [0.717, 1.165) is 49.4 Å². The molecular weight excluding hydrogens is 360 g/mol. The van der Waals surface area contributed by atoms with Gasteiger partial charge in [-0.2, -0.15) is 0 Å². The van der Waals surface area contributed by atoms with E-state index in [1.807, 2.05) is 36.9 Å². The summed E-state index contributed by atoms with van der Waals surface area (Å²) in [4.78, 5) is 16.9. The Morgan fingerprint density at radius 3 is 2.45 bits per heavy atom. The van der Waals surface area contributed by atoms with Crippen molar-refractivity contribution in [3.05, 3.63) is 71.3 Å². The summed E-state index contributed by atoms with van der Waals surface area (Å²) in [6, 6.07) is 16.8. The van der Waals surface area contributed by atoms with Crippen LogP contribution in [0.25, 0.3) is 5.70 Å². The van der Waals surface area contributed by atoms with Gasteiger partial charge in [-0.15, -0.1) is 0 Å². The maximum absolute atomic E-state index is 12.6. The van der Waals surface area contributed by atoms with Gasteiger partial charge in [-0.05, 0) is 69.0 Å². The third kappa shape index (κ3) is 4.47. The van der Waals surface area contributed by atoms with Gasteiger partial charge in [-0.1, -0.05) is 30.3 Å². The topological polar surface area (TPSA) is 32.8 Å². The highest BCUT2D eigenvalue weighted by molar-refractivity contribution is 5.94. The number of methoxy groups -OCH3 is 1. The van der Waals surface area contributed by atoms with E-state index in [1.165, 1.54) is 11.3 Å². The summed E-state index contributed by atoms with van der Waals surface area (Å²) in [7, 11) is 1.71. The van der Waals surface area contributed by atoms with Gasteiger partial charge < -0.3 is 14.5 Å². The predicted octanol–water partition coefficient (Wildman–Crippen LogP) is 5.38. The molecule has 2 aromatic rings. The second-order valence-corrected chi connectivity index (χ2v) is 7.36. The number of amides is 1. The number of allylic oxidation sites excluding steroid dienone is 1. The minimum absolute atomic E-state index is 0.0963. The average molecular weight is 393 g/mol. The van der Waals surface area contributed by atoms with E-state index in [9.17, 15) is 4.79 Å². The van der Waals surface area contributed by atoms with Crippen molar-refractivity contribution in [1.29, 1.82) is 0 Å². The van der Waals surface area contributed by atoms with Crippen LogP contribution in [0.2, 0.25) is 0 Å². The first-order chi connectivity index (χ1) is 14.1. The van der Waals surface area contributed by atoms with Crippen molar-refractivity contribution in [1.82, 2.24) is 9.80 Å². The molecule has 0 bridgehead atoms. The van der Waals surface area contributed by atoms with Crippen molar-refractivity contribution >= 4 is 11.6 Å². The monoisotopic (exact) mass is 392 g/mol. The highest BCUT2D eigenvalue weighted by atomic mass is 16.5. The summed E-state index contributed by atoms with van der Waals surface area (Å²) in [5.41, 5.74) is 4.41. The molecule has 4 nitrogen and oxygen atoms in total. The van der Waals surface area contributed by atoms with Crippen LogP contribution in [-0.4, -0.2) is 42.5 Å². The molecule has 0 spiro atoms. The van der Waals surface area contributed by atoms with Crippen molar-refractivity contribution < 1.29 is 9.53 Å². The molecule has 1 saturated heterocycles. The summed E-state index contributed by atoms with van der Waals surface area (Å²) in [6.07, 6.45) is 4.47. The van der Waals surface area contributed by atoms with E-state index in [-0.39, 0.29) is 5.91 Å². The fourth-order valence-corrected chi connectivity index (χ4v) is 4.23. The maximum Gasteiger partial charge on any atom is 0.253 e. The van der Waals surface area contributed by atoms with E-state index in [1.54, 1.807) is 7.11 Å². The van der Waals surface area contributed by atoms with Crippen LogP contribution in [0.4, 0.5) is 0 Å². The first kappa shape index (κ1) is 21.0. The molecule has 2 aromatic carbocycles. The van der Waals surface area contributed by atoms with Crippen molar-refractivity contribution in [2.75, 3.05) is 26.7 Å². The van der Waals surface area contributed by atoms with Crippen LogP contribution in [-0.2, 0) is 0 Å². The van der Waals surface area contributed by atoms with Crippen LogP contribution in [0.5, 0.6) is 5.75 Å². The Bertz CT molecular complexity index is 853. The van der Waals surface area contributed by atoms with Gasteiger partial charge in [0, 0.05) is 30.9 Å². The van der Waals surface area contributed by atoms with Crippen molar-refractivity contribution in [3.63, 3.8) is 0 Å². The van der Waals surface area contributed by atoms with Gasteiger partial charge in [-0.25, -0.2) is 0 Å². The molecular formula is C25H32N2O2. The summed E-state index contributed by atoms with van der Waals surface area (Å²) in [5.74, 6) is 0.995. The van der Waals surface area contributed by atoms with E-state index in [4.69, 9.17) is 4.74 Å². The number of carbonyl (C=O) groups is 1. The van der Waals surface area contributed by atoms with E-state index in [0.29, 0.717) is 6.04 Å². The molecule has 1 aliphatic heterocycles. The van der Waals surface area contributed by atoms with Crippen LogP contribution in [0.15, 0.2) is 54.6 Å². The van der Waals surface area contributed by atoms with Gasteiger partial charge in [0.1, 0.15) is 5.75 Å². The fourth-order valence-electron chi connectivity index (χ4n) is 4.23. The lowest BCUT2D eigenvalue weighted by Crippen LogP contribution is -2.30. The third-order valence-corrected chi connectivity index (χ3v) is 5.79. The van der Waals surface area contributed by atoms with Crippen LogP contribution < -0.4 is 4.74 Å². The number of likely N-dealkylation sites (tertiary alicyclic amines) is 1. The molecule has 0 saturated carbocycles. The highest BCUT2D eigenvalue weighted by Gasteiger charge is 2.28. The molecule has 0 N–H and O–H groups in total. The fraction of sp³-hybridized carbons (Fsp3) is 0.400. The molecule has 1 amide bonds. The molecule has 1 aliphatic rings. The van der Waals surface area contributed by atoms with Gasteiger partial charge in [0.2, 0.25) is 0 Å². The molecule has 1 heterocycles. The summed E-state index contributed by atoms with van der Waals surface area (Å²) in [6.45, 7) is 8.60. The first-order valence-corrected chi connectivity index (χ1v) is 10.6. The Morgan fingerprint density at radius 1 is 1.14 bits per heavy atom. The lowest BCUT2D eigenvalue weighted by molar-refractivity contribution is 0.0773. The second-order valence-electron chi connectivity index (χ2n) is 7.36. The Hall–Kier alpha value is -2.75. The van der Waals surface area contributed by atoms with E-state index in [2.05, 4.69) is 48.2 Å². The van der Waals surface area contributed by atoms with Crippen LogP contribution in [0.1, 0.15) is 61.1 Å². The standard InChI is InChI=1S/C25H32N2O2/c1-5-23(19-13-15-20(16-14-19)25(28)26(6-2)7-3)27-17-9-12-24(27)21-10-8-11-22(18-21)29-4/h5,8,10-11,13-16,18,24H,6-7,9,12,17H2,1-4H3/b23-5+. The largest absolute Gasteiger partial charge is 0.497 e. The maximum atomic E-state index is 12.6. The third-order valence-electron chi connectivity index (χ3n) is 5.79. The number of rotatable bonds is 7. The van der Waals surface area contributed by atoms with Gasteiger partial charge in [-0.3, -0.25) is 4.79 Å². The van der Waals surface area contributed by atoms with Crippen LogP contribution in [0.3, 0.4) is 0 Å². The molecule has 0 radical (unpaired) electrons. The Balaban J connectivity index is 1.84. The first-order valence-electron chi connectivity index (χ1n) is 10.6. The highest BCUT2D eigenvalue weighted by Crippen LogP contribution is 2.39. The minimum atomic E-state index is 0.0963. The SMILES string of the molecule is C/C=C(\c1ccc(C(=O)N(CC)CC)cc1)N1CCCC1c1cccc(OC)c1. The zero-order chi connectivity index (χ0) is 20.8. The van der Waals surface area contributed by atoms with Gasteiger partial charge in [0.15, 0.2) is 0 Å². The molecule has 1 unspecified atom stereocenters. The van der Waals surface area contributed by atoms with Crippen LogP contribution in [0, 0.1) is 0 Å². The van der Waals surface area contributed by atoms with Crippen molar-refractivity contribution in [3.8, 4) is 5.75 Å². The van der Waals surface area contributed by atoms with Crippen LogP contribution >= 0.6 is 0 Å². The zero-order valence-electron chi connectivity index (χ0n) is 18.0. The number of hydrogen-bond acceptors (Lipinski definition) is 3. The predicted molar refractivity (Wildman–Crippen MR) is 119 cm³/mol. The van der Waals surface area contributed by atoms with E-state index < -0.39 is 0 Å². The number of hydrogen-bond donors (Lipinski definition) is 0. The lowest BCUT2D eigenvalue weighted by Gasteiger charge is -2.30. The summed E-state index contributed by atoms with van der Waals surface area (Å²) >= 11 is 0. The van der Waals surface area contributed by atoms with Gasteiger partial charge in [0.25, 0.3) is 5.91 Å². The molecule has 0 aliphatic carbocycles. The smallest absolute Gasteiger partial charge is 0.253 e. The molecule has 29 heavy (non-hydrogen) atoms. The summed E-state index contributed by atoms with van der Waals surface area (Å²) < 4.78 is 5.43. The Morgan fingerprint density at radius 2 is 1.83 bits per heavy atom. The average Bonchev–Trinajstić information content (AvgIpc) is 3.25. The quantitative estimate of drug-likeness (QED) is 0.635. The number of ether oxygens (including phenoxy) is 1. The number of benzene rings is 2. The molecule has 4 heteroatoms. The van der Waals surface area contributed by atoms with Gasteiger partial charge in [0.05, 0.1) is 13.2 Å². The second kappa shape index (κ2) is 9.64. The Labute approximate surface area is 174 Å². The molecule has 1 fully saturated rings. The van der Waals surface area contributed by atoms with E-state index >= 15 is 0 Å². The number of carbonyl (C=O) groups excluding carboxylic acids is 1. The zero-order valence-corrected chi connectivity index (χ0v) is 18.0. The molecule has 3 rings (SSSR count). The summed E-state index contributed by atoms with van der Waals surface area (Å²) in [5, 5.41) is 0. The normalized spacial score (nSPS) is 16.8. The van der Waals surface area contributed by atoms with Crippen molar-refractivity contribution in [2.24, 2.45) is 0 Å². The Kier molecular flexibility index (Phi) is 6.97.